The van der Waals surface area contributed by atoms with E-state index in [4.69, 9.17) is 4.98 Å². The first kappa shape index (κ1) is 43.1. The Balaban J connectivity index is 0.648. The Hall–Kier alpha value is -7.77. The minimum Gasteiger partial charge on any atom is -0.332 e. The van der Waals surface area contributed by atoms with Gasteiger partial charge in [-0.25, -0.2) is 9.97 Å². The number of nitrogens with zero attached hydrogens (tertiary/aromatic N) is 7. The number of carbonyl (C=O) groups is 4. The van der Waals surface area contributed by atoms with Crippen molar-refractivity contribution in [3.05, 3.63) is 160 Å². The molecule has 6 aromatic rings. The van der Waals surface area contributed by atoms with E-state index in [1.807, 2.05) is 71.8 Å². The van der Waals surface area contributed by atoms with Gasteiger partial charge in [-0.3, -0.25) is 39.3 Å². The Morgan fingerprint density at radius 1 is 0.731 bits per heavy atom. The quantitative estimate of drug-likeness (QED) is 0.107. The van der Waals surface area contributed by atoms with Crippen LogP contribution in [0.5, 0.6) is 0 Å². The largest absolute Gasteiger partial charge is 0.332 e. The highest BCUT2D eigenvalue weighted by atomic mass is 16.2. The van der Waals surface area contributed by atoms with Crippen molar-refractivity contribution < 1.29 is 19.2 Å². The Bertz CT molecular complexity index is 3060. The summed E-state index contributed by atoms with van der Waals surface area (Å²) in [6.07, 6.45) is 9.86. The van der Waals surface area contributed by atoms with Crippen LogP contribution in [0.1, 0.15) is 79.1 Å². The molecule has 4 aromatic carbocycles. The molecule has 12 heteroatoms. The fourth-order valence-electron chi connectivity index (χ4n) is 9.05. The maximum atomic E-state index is 13.6. The lowest BCUT2D eigenvalue weighted by Crippen LogP contribution is -2.52. The number of fused-ring (bicyclic) bond motifs is 3. The average Bonchev–Trinajstić information content (AvgIpc) is 3.69. The highest BCUT2D eigenvalue weighted by molar-refractivity contribution is 6.05. The first-order valence-electron chi connectivity index (χ1n) is 22.9. The van der Waals surface area contributed by atoms with Crippen molar-refractivity contribution in [3.63, 3.8) is 0 Å². The molecule has 6 heterocycles. The van der Waals surface area contributed by atoms with Gasteiger partial charge in [-0.2, -0.15) is 0 Å². The van der Waals surface area contributed by atoms with Crippen LogP contribution in [-0.4, -0.2) is 110 Å². The fraction of sp³-hybridized carbons (Fsp3) is 0.255. The second kappa shape index (κ2) is 19.4. The third-order valence-corrected chi connectivity index (χ3v) is 12.9. The van der Waals surface area contributed by atoms with Crippen molar-refractivity contribution in [3.8, 4) is 35.1 Å². The summed E-state index contributed by atoms with van der Waals surface area (Å²) in [4.78, 5) is 72.8. The Morgan fingerprint density at radius 3 is 2.28 bits per heavy atom. The maximum absolute atomic E-state index is 13.6. The van der Waals surface area contributed by atoms with Crippen molar-refractivity contribution in [2.75, 3.05) is 45.8 Å². The van der Waals surface area contributed by atoms with Crippen molar-refractivity contribution in [2.45, 2.75) is 44.8 Å². The highest BCUT2D eigenvalue weighted by Gasteiger charge is 2.39. The predicted octanol–water partition coefficient (Wildman–Crippen LogP) is 6.23. The monoisotopic (exact) mass is 884 g/mol. The van der Waals surface area contributed by atoms with Crippen LogP contribution >= 0.6 is 0 Å². The van der Waals surface area contributed by atoms with Crippen molar-refractivity contribution in [2.24, 2.45) is 0 Å². The second-order valence-electron chi connectivity index (χ2n) is 17.4. The first-order valence-corrected chi connectivity index (χ1v) is 22.9. The van der Waals surface area contributed by atoms with Gasteiger partial charge < -0.3 is 9.80 Å². The molecule has 0 aliphatic carbocycles. The molecule has 2 fully saturated rings. The molecule has 0 bridgehead atoms. The number of rotatable bonds is 8. The summed E-state index contributed by atoms with van der Waals surface area (Å²) in [5.41, 5.74) is 9.76. The molecule has 2 aromatic heterocycles. The molecule has 0 radical (unpaired) electrons. The number of para-hydroxylation sites is 1. The molecule has 67 heavy (non-hydrogen) atoms. The molecule has 10 rings (SSSR count). The number of benzene rings is 4. The van der Waals surface area contributed by atoms with Crippen LogP contribution in [0, 0.1) is 23.7 Å². The van der Waals surface area contributed by atoms with Crippen LogP contribution in [0.2, 0.25) is 0 Å². The second-order valence-corrected chi connectivity index (χ2v) is 17.4. The summed E-state index contributed by atoms with van der Waals surface area (Å²) in [6.45, 7) is 6.87. The number of aromatic nitrogens is 3. The van der Waals surface area contributed by atoms with E-state index in [9.17, 15) is 19.2 Å². The number of hydrogen-bond acceptors (Lipinski definition) is 9. The SMILES string of the molecule is O=C1CCC(N2Cc3cc(C#CCCN4CCN(CC#Cc5ccc(/C=C/c6ccc(C(=O)N7CCc8cnc(-c9cnc%10ccccc%10c9)nc8C7)cc6)cc5)CC4)ccc3C2=O)C(=O)N1. The molecule has 1 atom stereocenters. The van der Waals surface area contributed by atoms with E-state index in [0.29, 0.717) is 49.4 Å². The van der Waals surface area contributed by atoms with Gasteiger partial charge in [0.25, 0.3) is 11.8 Å². The topological polar surface area (TPSA) is 132 Å². The van der Waals surface area contributed by atoms with Gasteiger partial charge in [0.1, 0.15) is 6.04 Å². The molecule has 4 aliphatic rings. The zero-order chi connectivity index (χ0) is 45.7. The van der Waals surface area contributed by atoms with E-state index in [2.05, 4.69) is 91.3 Å². The third kappa shape index (κ3) is 9.92. The summed E-state index contributed by atoms with van der Waals surface area (Å²) >= 11 is 0. The highest BCUT2D eigenvalue weighted by Crippen LogP contribution is 2.29. The third-order valence-electron chi connectivity index (χ3n) is 12.9. The molecule has 2 saturated heterocycles. The zero-order valence-corrected chi connectivity index (χ0v) is 37.1. The summed E-state index contributed by atoms with van der Waals surface area (Å²) in [6, 6.07) is 31.0. The molecule has 4 amide bonds. The van der Waals surface area contributed by atoms with Gasteiger partial charge in [-0.05, 0) is 89.7 Å². The van der Waals surface area contributed by atoms with Gasteiger partial charge in [0.05, 0.1) is 24.3 Å². The number of carbonyl (C=O) groups excluding carboxylic acids is 4. The van der Waals surface area contributed by atoms with Crippen LogP contribution in [-0.2, 0) is 29.1 Å². The molecule has 4 aliphatic heterocycles. The number of pyridine rings is 1. The van der Waals surface area contributed by atoms with E-state index in [1.54, 1.807) is 17.2 Å². The number of imide groups is 1. The van der Waals surface area contributed by atoms with Crippen LogP contribution < -0.4 is 5.32 Å². The predicted molar refractivity (Wildman–Crippen MR) is 257 cm³/mol. The molecule has 0 saturated carbocycles. The van der Waals surface area contributed by atoms with Gasteiger partial charge in [-0.15, -0.1) is 0 Å². The number of piperazine rings is 1. The van der Waals surface area contributed by atoms with Gasteiger partial charge >= 0.3 is 0 Å². The number of piperidine rings is 1. The standard InChI is InChI=1S/C55H48N8O4/c64-51-23-22-50(53(65)59-51)63-36-46-32-41(18-21-47(46)55(63)67)6-3-4-25-60-28-30-61(31-29-60)26-5-7-38-10-12-39(13-11-38)14-15-40-16-19-42(20-17-40)54(66)62-27-24-44-34-57-52(58-49(44)37-62)45-33-43-8-1-2-9-48(43)56-35-45/h1-2,8-21,32-35,50H,4,22-31,36-37H2,(H,59,64,65)/b15-14+. The lowest BCUT2D eigenvalue weighted by molar-refractivity contribution is -0.136. The first-order chi connectivity index (χ1) is 32.8. The van der Waals surface area contributed by atoms with Crippen molar-refractivity contribution in [1.82, 2.24) is 39.9 Å². The number of nitrogens with one attached hydrogen (secondary N) is 1. The van der Waals surface area contributed by atoms with Crippen molar-refractivity contribution >= 4 is 46.7 Å². The average molecular weight is 885 g/mol. The lowest BCUT2D eigenvalue weighted by atomic mass is 10.0. The Labute approximate surface area is 389 Å². The molecular formula is C55H48N8O4. The minimum absolute atomic E-state index is 0.00970. The van der Waals surface area contributed by atoms with E-state index in [1.165, 1.54) is 0 Å². The van der Waals surface area contributed by atoms with Crippen molar-refractivity contribution in [1.29, 1.82) is 0 Å². The Morgan fingerprint density at radius 2 is 1.48 bits per heavy atom. The summed E-state index contributed by atoms with van der Waals surface area (Å²) < 4.78 is 0. The van der Waals surface area contributed by atoms with Gasteiger partial charge in [0, 0.05) is 104 Å². The molecule has 0 spiro atoms. The van der Waals surface area contributed by atoms with Gasteiger partial charge in [-0.1, -0.05) is 78.3 Å². The zero-order valence-electron chi connectivity index (χ0n) is 37.1. The molecule has 332 valence electrons. The summed E-state index contributed by atoms with van der Waals surface area (Å²) in [5.74, 6) is 13.0. The molecule has 1 unspecified atom stereocenters. The fourth-order valence-corrected chi connectivity index (χ4v) is 9.05. The van der Waals surface area contributed by atoms with E-state index < -0.39 is 11.9 Å². The van der Waals surface area contributed by atoms with Crippen LogP contribution in [0.3, 0.4) is 0 Å². The normalized spacial score (nSPS) is 17.4. The van der Waals surface area contributed by atoms with Gasteiger partial charge in [0.15, 0.2) is 5.82 Å². The van der Waals surface area contributed by atoms with E-state index >= 15 is 0 Å². The summed E-state index contributed by atoms with van der Waals surface area (Å²) in [5, 5.41) is 3.38. The van der Waals surface area contributed by atoms with Crippen LogP contribution in [0.15, 0.2) is 109 Å². The van der Waals surface area contributed by atoms with Crippen LogP contribution in [0.25, 0.3) is 34.4 Å². The minimum atomic E-state index is -0.619. The summed E-state index contributed by atoms with van der Waals surface area (Å²) in [7, 11) is 0. The number of amides is 4. The molecular weight excluding hydrogens is 837 g/mol. The molecule has 1 N–H and O–H groups in total. The van der Waals surface area contributed by atoms with Gasteiger partial charge in [0.2, 0.25) is 11.8 Å². The molecule has 12 nitrogen and oxygen atoms in total. The van der Waals surface area contributed by atoms with E-state index in [-0.39, 0.29) is 24.1 Å². The van der Waals surface area contributed by atoms with E-state index in [0.717, 1.165) is 101 Å². The Kier molecular flexibility index (Phi) is 12.5. The van der Waals surface area contributed by atoms with Crippen LogP contribution in [0.4, 0.5) is 0 Å². The number of hydrogen-bond donors (Lipinski definition) is 1. The lowest BCUT2D eigenvalue weighted by Gasteiger charge is -2.33. The maximum Gasteiger partial charge on any atom is 0.255 e. The smallest absolute Gasteiger partial charge is 0.255 e.